The molecule has 21 heavy (non-hydrogen) atoms. The summed E-state index contributed by atoms with van der Waals surface area (Å²) in [5.41, 5.74) is 6.31. The Morgan fingerprint density at radius 3 is 2.67 bits per heavy atom. The summed E-state index contributed by atoms with van der Waals surface area (Å²) in [6.07, 6.45) is 0.806. The summed E-state index contributed by atoms with van der Waals surface area (Å²) in [7, 11) is 0. The van der Waals surface area contributed by atoms with Crippen molar-refractivity contribution in [2.45, 2.75) is 12.5 Å². The van der Waals surface area contributed by atoms with Gasteiger partial charge in [-0.3, -0.25) is 11.3 Å². The van der Waals surface area contributed by atoms with Crippen molar-refractivity contribution in [1.29, 1.82) is 0 Å². The van der Waals surface area contributed by atoms with Crippen LogP contribution in [0.25, 0.3) is 11.3 Å². The van der Waals surface area contributed by atoms with E-state index in [-0.39, 0.29) is 6.04 Å². The third-order valence-corrected chi connectivity index (χ3v) is 5.87. The Hall–Kier alpha value is -0.800. The van der Waals surface area contributed by atoms with E-state index in [1.807, 2.05) is 18.2 Å². The van der Waals surface area contributed by atoms with Crippen molar-refractivity contribution < 1.29 is 0 Å². The number of rotatable bonds is 5. The van der Waals surface area contributed by atoms with E-state index in [1.165, 1.54) is 8.45 Å². The number of aromatic nitrogens is 1. The largest absolute Gasteiger partial charge is 0.271 e. The number of nitrogens with zero attached hydrogens (tertiary/aromatic N) is 1. The van der Waals surface area contributed by atoms with Gasteiger partial charge in [-0.15, -0.1) is 22.7 Å². The number of hydrogen-bond acceptors (Lipinski definition) is 5. The van der Waals surface area contributed by atoms with Crippen molar-refractivity contribution in [3.63, 3.8) is 0 Å². The van der Waals surface area contributed by atoms with E-state index in [4.69, 9.17) is 10.8 Å². The Bertz CT molecular complexity index is 709. The highest BCUT2D eigenvalue weighted by molar-refractivity contribution is 14.1. The molecular formula is C15H14IN3S2. The van der Waals surface area contributed by atoms with Gasteiger partial charge in [-0.05, 0) is 39.6 Å². The van der Waals surface area contributed by atoms with Crippen LogP contribution in [0.3, 0.4) is 0 Å². The summed E-state index contributed by atoms with van der Waals surface area (Å²) in [5.74, 6) is 5.71. The Morgan fingerprint density at radius 1 is 1.19 bits per heavy atom. The van der Waals surface area contributed by atoms with Crippen LogP contribution in [0.5, 0.6) is 0 Å². The van der Waals surface area contributed by atoms with Crippen molar-refractivity contribution in [2.75, 3.05) is 0 Å². The second kappa shape index (κ2) is 6.97. The van der Waals surface area contributed by atoms with Crippen molar-refractivity contribution in [3.8, 4) is 11.3 Å². The Morgan fingerprint density at radius 2 is 2.00 bits per heavy atom. The first-order valence-electron chi connectivity index (χ1n) is 6.46. The number of thiophene rings is 1. The van der Waals surface area contributed by atoms with Gasteiger partial charge in [0.25, 0.3) is 0 Å². The van der Waals surface area contributed by atoms with Gasteiger partial charge in [-0.25, -0.2) is 4.98 Å². The second-order valence-corrected chi connectivity index (χ2v) is 8.35. The molecule has 0 amide bonds. The minimum Gasteiger partial charge on any atom is -0.271 e. The molecule has 0 fully saturated rings. The first kappa shape index (κ1) is 15.1. The quantitative estimate of drug-likeness (QED) is 0.364. The monoisotopic (exact) mass is 427 g/mol. The zero-order chi connectivity index (χ0) is 14.7. The first-order chi connectivity index (χ1) is 10.3. The number of hydrazine groups is 1. The van der Waals surface area contributed by atoms with Gasteiger partial charge in [0.2, 0.25) is 0 Å². The lowest BCUT2D eigenvalue weighted by atomic mass is 10.1. The van der Waals surface area contributed by atoms with E-state index in [0.717, 1.165) is 22.7 Å². The molecule has 3 nitrogen and oxygen atoms in total. The SMILES string of the molecule is NNC(Cc1nc(-c2ccccc2)cs1)c1csc(I)c1. The topological polar surface area (TPSA) is 50.9 Å². The molecule has 3 rings (SSSR count). The molecule has 0 spiro atoms. The lowest BCUT2D eigenvalue weighted by molar-refractivity contribution is 0.552. The molecule has 108 valence electrons. The minimum atomic E-state index is 0.111. The van der Waals surface area contributed by atoms with E-state index in [0.29, 0.717) is 0 Å². The van der Waals surface area contributed by atoms with Crippen LogP contribution in [-0.4, -0.2) is 4.98 Å². The molecule has 0 saturated carbocycles. The van der Waals surface area contributed by atoms with Crippen LogP contribution in [-0.2, 0) is 6.42 Å². The highest BCUT2D eigenvalue weighted by atomic mass is 127. The molecule has 1 atom stereocenters. The summed E-state index contributed by atoms with van der Waals surface area (Å²) in [6, 6.07) is 12.5. The number of hydrogen-bond donors (Lipinski definition) is 2. The Kier molecular flexibility index (Phi) is 5.02. The Balaban J connectivity index is 1.77. The van der Waals surface area contributed by atoms with Crippen LogP contribution in [0.4, 0.5) is 0 Å². The van der Waals surface area contributed by atoms with Crippen LogP contribution in [0.2, 0.25) is 0 Å². The van der Waals surface area contributed by atoms with E-state index < -0.39 is 0 Å². The number of benzene rings is 1. The number of halogens is 1. The van der Waals surface area contributed by atoms with E-state index in [9.17, 15) is 0 Å². The third kappa shape index (κ3) is 3.70. The van der Waals surface area contributed by atoms with Gasteiger partial charge >= 0.3 is 0 Å². The van der Waals surface area contributed by atoms with Gasteiger partial charge < -0.3 is 0 Å². The molecule has 1 unspecified atom stereocenters. The molecule has 0 aliphatic rings. The van der Waals surface area contributed by atoms with Gasteiger partial charge in [0, 0.05) is 17.4 Å². The minimum absolute atomic E-state index is 0.111. The first-order valence-corrected chi connectivity index (χ1v) is 9.30. The molecule has 0 aliphatic carbocycles. The molecule has 2 aromatic heterocycles. The van der Waals surface area contributed by atoms with Crippen molar-refractivity contribution >= 4 is 45.3 Å². The molecule has 0 saturated heterocycles. The van der Waals surface area contributed by atoms with Gasteiger partial charge in [-0.2, -0.15) is 0 Å². The molecule has 2 heterocycles. The standard InChI is InChI=1S/C15H14IN3S2/c16-14-6-11(8-20-14)12(19-17)7-15-18-13(9-21-15)10-4-2-1-3-5-10/h1-6,8-9,12,19H,7,17H2. The summed E-state index contributed by atoms with van der Waals surface area (Å²) in [4.78, 5) is 4.73. The summed E-state index contributed by atoms with van der Waals surface area (Å²) < 4.78 is 1.27. The molecule has 6 heteroatoms. The maximum absolute atomic E-state index is 5.71. The van der Waals surface area contributed by atoms with Crippen LogP contribution < -0.4 is 11.3 Å². The maximum Gasteiger partial charge on any atom is 0.0952 e. The lowest BCUT2D eigenvalue weighted by Crippen LogP contribution is -2.29. The molecular weight excluding hydrogens is 413 g/mol. The normalized spacial score (nSPS) is 12.5. The van der Waals surface area contributed by atoms with Crippen molar-refractivity contribution in [1.82, 2.24) is 10.4 Å². The van der Waals surface area contributed by atoms with Crippen LogP contribution in [0.1, 0.15) is 16.6 Å². The fourth-order valence-electron chi connectivity index (χ4n) is 2.10. The zero-order valence-corrected chi connectivity index (χ0v) is 14.9. The fourth-order valence-corrected chi connectivity index (χ4v) is 4.38. The summed E-state index contributed by atoms with van der Waals surface area (Å²) in [5, 5.41) is 5.35. The van der Waals surface area contributed by atoms with Crippen LogP contribution in [0.15, 0.2) is 47.2 Å². The Labute approximate surface area is 145 Å². The molecule has 0 bridgehead atoms. The molecule has 0 aliphatic heterocycles. The second-order valence-electron chi connectivity index (χ2n) is 4.60. The van der Waals surface area contributed by atoms with E-state index in [2.05, 4.69) is 57.0 Å². The van der Waals surface area contributed by atoms with Gasteiger partial charge in [-0.1, -0.05) is 30.3 Å². The van der Waals surface area contributed by atoms with E-state index >= 15 is 0 Å². The molecule has 0 radical (unpaired) electrons. The molecule has 3 N–H and O–H groups in total. The van der Waals surface area contributed by atoms with Gasteiger partial charge in [0.15, 0.2) is 0 Å². The predicted molar refractivity (Wildman–Crippen MR) is 98.4 cm³/mol. The third-order valence-electron chi connectivity index (χ3n) is 3.19. The van der Waals surface area contributed by atoms with Crippen LogP contribution in [0, 0.1) is 2.88 Å². The molecule has 3 aromatic rings. The smallest absolute Gasteiger partial charge is 0.0952 e. The average molecular weight is 427 g/mol. The number of thiazole rings is 1. The van der Waals surface area contributed by atoms with E-state index in [1.54, 1.807) is 22.7 Å². The zero-order valence-electron chi connectivity index (χ0n) is 11.1. The van der Waals surface area contributed by atoms with Crippen LogP contribution >= 0.6 is 45.3 Å². The van der Waals surface area contributed by atoms with Crippen molar-refractivity contribution in [2.24, 2.45) is 5.84 Å². The highest BCUT2D eigenvalue weighted by Crippen LogP contribution is 2.27. The predicted octanol–water partition coefficient (Wildman–Crippen LogP) is 4.22. The number of nitrogens with one attached hydrogen (secondary N) is 1. The van der Waals surface area contributed by atoms with Gasteiger partial charge in [0.1, 0.15) is 0 Å². The fraction of sp³-hybridized carbons (Fsp3) is 0.133. The van der Waals surface area contributed by atoms with Gasteiger partial charge in [0.05, 0.1) is 19.6 Å². The van der Waals surface area contributed by atoms with Crippen molar-refractivity contribution in [3.05, 3.63) is 60.6 Å². The average Bonchev–Trinajstić information content (AvgIpc) is 3.15. The summed E-state index contributed by atoms with van der Waals surface area (Å²) in [6.45, 7) is 0. The highest BCUT2D eigenvalue weighted by Gasteiger charge is 2.15. The summed E-state index contributed by atoms with van der Waals surface area (Å²) >= 11 is 5.75. The molecule has 1 aromatic carbocycles. The lowest BCUT2D eigenvalue weighted by Gasteiger charge is -2.12. The maximum atomic E-state index is 5.71. The number of nitrogens with two attached hydrogens (primary N) is 1.